The molecule has 0 spiro atoms. The maximum absolute atomic E-state index is 13.3. The summed E-state index contributed by atoms with van der Waals surface area (Å²) in [4.78, 5) is 23.3. The van der Waals surface area contributed by atoms with Gasteiger partial charge in [0.25, 0.3) is 5.91 Å². The van der Waals surface area contributed by atoms with E-state index in [1.165, 1.54) is 6.33 Å². The average molecular weight is 426 g/mol. The minimum atomic E-state index is -0.138. The van der Waals surface area contributed by atoms with Crippen LogP contribution in [0.25, 0.3) is 0 Å². The number of carbonyl (C=O) groups excluding carboxylic acids is 1. The summed E-state index contributed by atoms with van der Waals surface area (Å²) in [5.74, 6) is 1.27. The fraction of sp³-hybridized carbons (Fsp3) is 0.560. The highest BCUT2D eigenvalue weighted by molar-refractivity contribution is 5.93. The van der Waals surface area contributed by atoms with Crippen LogP contribution in [0.5, 0.6) is 5.75 Å². The zero-order chi connectivity index (χ0) is 22.5. The molecule has 1 aromatic carbocycles. The van der Waals surface area contributed by atoms with Gasteiger partial charge in [-0.05, 0) is 62.1 Å². The highest BCUT2D eigenvalue weighted by Crippen LogP contribution is 2.47. The summed E-state index contributed by atoms with van der Waals surface area (Å²) in [7, 11) is 1.65. The predicted octanol–water partition coefficient (Wildman–Crippen LogP) is 4.75. The second-order valence-corrected chi connectivity index (χ2v) is 9.50. The number of amides is 1. The lowest BCUT2D eigenvalue weighted by Gasteiger charge is -2.48. The lowest BCUT2D eigenvalue weighted by atomic mass is 9.65. The van der Waals surface area contributed by atoms with E-state index in [0.717, 1.165) is 37.2 Å². The molecule has 2 heterocycles. The zero-order valence-corrected chi connectivity index (χ0v) is 19.4. The largest absolute Gasteiger partial charge is 0.497 e. The van der Waals surface area contributed by atoms with Crippen molar-refractivity contribution in [2.45, 2.75) is 59.1 Å². The smallest absolute Gasteiger partial charge is 0.257 e. The van der Waals surface area contributed by atoms with Crippen LogP contribution in [0.1, 0.15) is 62.9 Å². The van der Waals surface area contributed by atoms with Crippen molar-refractivity contribution < 1.29 is 14.3 Å². The zero-order valence-electron chi connectivity index (χ0n) is 19.4. The first-order chi connectivity index (χ1) is 14.7. The second-order valence-electron chi connectivity index (χ2n) is 9.50. The van der Waals surface area contributed by atoms with Crippen LogP contribution >= 0.6 is 0 Å². The Morgan fingerprint density at radius 1 is 1.19 bits per heavy atom. The summed E-state index contributed by atoms with van der Waals surface area (Å²) >= 11 is 0. The van der Waals surface area contributed by atoms with Crippen molar-refractivity contribution in [3.63, 3.8) is 0 Å². The van der Waals surface area contributed by atoms with Gasteiger partial charge in [-0.1, -0.05) is 26.0 Å². The maximum Gasteiger partial charge on any atom is 0.257 e. The van der Waals surface area contributed by atoms with Gasteiger partial charge in [-0.25, -0.2) is 9.97 Å². The normalized spacial score (nSPS) is 20.5. The van der Waals surface area contributed by atoms with E-state index < -0.39 is 0 Å². The van der Waals surface area contributed by atoms with Gasteiger partial charge in [-0.15, -0.1) is 0 Å². The Hall–Kier alpha value is -2.47. The van der Waals surface area contributed by atoms with Crippen LogP contribution in [0.4, 0.5) is 0 Å². The van der Waals surface area contributed by atoms with Gasteiger partial charge in [0, 0.05) is 32.1 Å². The monoisotopic (exact) mass is 425 g/mol. The number of benzene rings is 1. The summed E-state index contributed by atoms with van der Waals surface area (Å²) in [6.07, 6.45) is 7.58. The van der Waals surface area contributed by atoms with E-state index in [0.29, 0.717) is 24.6 Å². The summed E-state index contributed by atoms with van der Waals surface area (Å²) < 4.78 is 11.3. The van der Waals surface area contributed by atoms with Gasteiger partial charge >= 0.3 is 0 Å². The Morgan fingerprint density at radius 3 is 2.45 bits per heavy atom. The molecule has 1 saturated heterocycles. The van der Waals surface area contributed by atoms with E-state index in [1.54, 1.807) is 19.5 Å². The predicted molar refractivity (Wildman–Crippen MR) is 121 cm³/mol. The molecule has 6 heteroatoms. The van der Waals surface area contributed by atoms with E-state index in [1.807, 2.05) is 29.2 Å². The minimum absolute atomic E-state index is 0.0401. The molecular formula is C25H35N3O3. The molecular weight excluding hydrogens is 390 g/mol. The molecule has 0 saturated carbocycles. The maximum atomic E-state index is 13.3. The molecule has 3 rings (SSSR count). The number of methoxy groups -OCH3 is 1. The highest BCUT2D eigenvalue weighted by Gasteiger charge is 2.43. The molecule has 6 nitrogen and oxygen atoms in total. The topological polar surface area (TPSA) is 64.6 Å². The molecule has 1 fully saturated rings. The number of rotatable bonds is 8. The average Bonchev–Trinajstić information content (AvgIpc) is 2.76. The number of carbonyl (C=O) groups is 1. The SMILES string of the molecule is COc1ccc(CN(CCC2(C(C)C)CCOC(C)(C)C2)C(=O)c2cncnc2)cc1. The van der Waals surface area contributed by atoms with E-state index in [2.05, 4.69) is 37.7 Å². The van der Waals surface area contributed by atoms with E-state index in [-0.39, 0.29) is 16.9 Å². The summed E-state index contributed by atoms with van der Waals surface area (Å²) in [6, 6.07) is 7.88. The lowest BCUT2D eigenvalue weighted by molar-refractivity contribution is -0.122. The van der Waals surface area contributed by atoms with Crippen molar-refractivity contribution in [3.05, 3.63) is 54.1 Å². The van der Waals surface area contributed by atoms with Gasteiger partial charge in [-0.2, -0.15) is 0 Å². The number of hydrogen-bond acceptors (Lipinski definition) is 5. The summed E-state index contributed by atoms with van der Waals surface area (Å²) in [5.41, 5.74) is 1.59. The van der Waals surface area contributed by atoms with Crippen LogP contribution in [0.15, 0.2) is 43.0 Å². The van der Waals surface area contributed by atoms with Crippen LogP contribution < -0.4 is 4.74 Å². The fourth-order valence-electron chi connectivity index (χ4n) is 4.67. The Bertz CT molecular complexity index is 852. The summed E-state index contributed by atoms with van der Waals surface area (Å²) in [6.45, 7) is 10.9. The van der Waals surface area contributed by atoms with Crippen LogP contribution in [-0.2, 0) is 11.3 Å². The van der Waals surface area contributed by atoms with Crippen LogP contribution in [0, 0.1) is 11.3 Å². The molecule has 0 N–H and O–H groups in total. The number of hydrogen-bond donors (Lipinski definition) is 0. The molecule has 0 aliphatic carbocycles. The van der Waals surface area contributed by atoms with Crippen molar-refractivity contribution in [2.75, 3.05) is 20.3 Å². The standard InChI is InChI=1S/C25H35N3O3/c1-19(2)25(11-13-31-24(3,4)17-25)10-12-28(23(29)21-14-26-18-27-15-21)16-20-6-8-22(30-5)9-7-20/h6-9,14-15,18-19H,10-13,16-17H2,1-5H3. The van der Waals surface area contributed by atoms with Crippen LogP contribution in [-0.4, -0.2) is 46.6 Å². The molecule has 1 aromatic heterocycles. The Labute approximate surface area is 186 Å². The van der Waals surface area contributed by atoms with Gasteiger partial charge in [0.2, 0.25) is 0 Å². The number of ether oxygens (including phenoxy) is 2. The highest BCUT2D eigenvalue weighted by atomic mass is 16.5. The molecule has 0 radical (unpaired) electrons. The third kappa shape index (κ3) is 5.82. The van der Waals surface area contributed by atoms with Gasteiger partial charge in [-0.3, -0.25) is 4.79 Å². The third-order valence-electron chi connectivity index (χ3n) is 6.60. The summed E-state index contributed by atoms with van der Waals surface area (Å²) in [5, 5.41) is 0. The molecule has 168 valence electrons. The fourth-order valence-corrected chi connectivity index (χ4v) is 4.67. The van der Waals surface area contributed by atoms with E-state index >= 15 is 0 Å². The first kappa shape index (κ1) is 23.2. The van der Waals surface area contributed by atoms with Crippen molar-refractivity contribution in [1.29, 1.82) is 0 Å². The van der Waals surface area contributed by atoms with Gasteiger partial charge in [0.05, 0.1) is 18.3 Å². The molecule has 2 aromatic rings. The Kier molecular flexibility index (Phi) is 7.31. The Balaban J connectivity index is 1.82. The van der Waals surface area contributed by atoms with E-state index in [4.69, 9.17) is 9.47 Å². The molecule has 1 aliphatic rings. The van der Waals surface area contributed by atoms with Crippen molar-refractivity contribution in [1.82, 2.24) is 14.9 Å². The third-order valence-corrected chi connectivity index (χ3v) is 6.60. The molecule has 0 bridgehead atoms. The minimum Gasteiger partial charge on any atom is -0.497 e. The van der Waals surface area contributed by atoms with Crippen LogP contribution in [0.2, 0.25) is 0 Å². The molecule has 1 atom stereocenters. The quantitative estimate of drug-likeness (QED) is 0.611. The van der Waals surface area contributed by atoms with Crippen LogP contribution in [0.3, 0.4) is 0 Å². The molecule has 1 unspecified atom stereocenters. The first-order valence-electron chi connectivity index (χ1n) is 11.1. The van der Waals surface area contributed by atoms with Gasteiger partial charge < -0.3 is 14.4 Å². The van der Waals surface area contributed by atoms with Crippen molar-refractivity contribution >= 4 is 5.91 Å². The van der Waals surface area contributed by atoms with Crippen molar-refractivity contribution in [2.24, 2.45) is 11.3 Å². The molecule has 1 amide bonds. The molecule has 31 heavy (non-hydrogen) atoms. The lowest BCUT2D eigenvalue weighted by Crippen LogP contribution is -2.46. The second kappa shape index (κ2) is 9.77. The van der Waals surface area contributed by atoms with Gasteiger partial charge in [0.15, 0.2) is 0 Å². The van der Waals surface area contributed by atoms with E-state index in [9.17, 15) is 4.79 Å². The number of nitrogens with zero attached hydrogens (tertiary/aromatic N) is 3. The van der Waals surface area contributed by atoms with Crippen molar-refractivity contribution in [3.8, 4) is 5.75 Å². The molecule has 1 aliphatic heterocycles. The van der Waals surface area contributed by atoms with Gasteiger partial charge in [0.1, 0.15) is 12.1 Å². The number of aromatic nitrogens is 2. The first-order valence-corrected chi connectivity index (χ1v) is 11.1. The Morgan fingerprint density at radius 2 is 1.87 bits per heavy atom.